The van der Waals surface area contributed by atoms with Crippen LogP contribution in [0, 0.1) is 0 Å². The minimum absolute atomic E-state index is 0.217. The molecule has 2 amide bonds. The van der Waals surface area contributed by atoms with Gasteiger partial charge in [0.15, 0.2) is 0 Å². The summed E-state index contributed by atoms with van der Waals surface area (Å²) in [6.45, 7) is 0.297. The Morgan fingerprint density at radius 2 is 1.74 bits per heavy atom. The Morgan fingerprint density at radius 3 is 2.45 bits per heavy atom. The second-order valence-electron chi connectivity index (χ2n) is 7.26. The molecule has 158 valence electrons. The Bertz CT molecular complexity index is 1130. The van der Waals surface area contributed by atoms with Gasteiger partial charge >= 0.3 is 0 Å². The van der Waals surface area contributed by atoms with Crippen LogP contribution >= 0.6 is 23.2 Å². The number of ether oxygens (including phenoxy) is 1. The zero-order chi connectivity index (χ0) is 22.0. The SMILES string of the molecule is COc1ccc(CN2C(=O)[C@@H](Cc3ccccc3Cl)NC(=O)c3cc(Cl)ccc32)cc1. The van der Waals surface area contributed by atoms with Crippen LogP contribution in [0.15, 0.2) is 66.7 Å². The highest BCUT2D eigenvalue weighted by atomic mass is 35.5. The predicted octanol–water partition coefficient (Wildman–Crippen LogP) is 4.89. The summed E-state index contributed by atoms with van der Waals surface area (Å²) in [6, 6.07) is 19.0. The number of halogens is 2. The Morgan fingerprint density at radius 1 is 1.00 bits per heavy atom. The number of methoxy groups -OCH3 is 1. The fourth-order valence-corrected chi connectivity index (χ4v) is 4.01. The van der Waals surface area contributed by atoms with Crippen molar-refractivity contribution in [3.05, 3.63) is 93.5 Å². The number of anilines is 1. The van der Waals surface area contributed by atoms with E-state index in [2.05, 4.69) is 5.32 Å². The maximum atomic E-state index is 13.6. The summed E-state index contributed by atoms with van der Waals surface area (Å²) in [5.41, 5.74) is 2.57. The number of carbonyl (C=O) groups is 2. The first-order valence-corrected chi connectivity index (χ1v) is 10.5. The minimum Gasteiger partial charge on any atom is -0.497 e. The van der Waals surface area contributed by atoms with E-state index in [0.717, 1.165) is 16.9 Å². The van der Waals surface area contributed by atoms with Crippen molar-refractivity contribution in [3.8, 4) is 5.75 Å². The second-order valence-corrected chi connectivity index (χ2v) is 8.10. The highest BCUT2D eigenvalue weighted by Gasteiger charge is 2.34. The Labute approximate surface area is 190 Å². The lowest BCUT2D eigenvalue weighted by atomic mass is 10.0. The molecule has 0 saturated carbocycles. The molecule has 0 fully saturated rings. The van der Waals surface area contributed by atoms with Gasteiger partial charge in [-0.25, -0.2) is 0 Å². The number of nitrogens with zero attached hydrogens (tertiary/aromatic N) is 1. The lowest BCUT2D eigenvalue weighted by Crippen LogP contribution is -2.47. The molecule has 3 aromatic carbocycles. The highest BCUT2D eigenvalue weighted by Crippen LogP contribution is 2.30. The van der Waals surface area contributed by atoms with E-state index in [9.17, 15) is 9.59 Å². The molecule has 5 nitrogen and oxygen atoms in total. The number of amides is 2. The lowest BCUT2D eigenvalue weighted by molar-refractivity contribution is -0.120. The number of hydrogen-bond acceptors (Lipinski definition) is 3. The van der Waals surface area contributed by atoms with E-state index in [1.165, 1.54) is 0 Å². The van der Waals surface area contributed by atoms with Crippen molar-refractivity contribution in [3.63, 3.8) is 0 Å². The molecule has 1 aliphatic heterocycles. The molecule has 1 heterocycles. The van der Waals surface area contributed by atoms with Gasteiger partial charge in [0.1, 0.15) is 11.8 Å². The normalized spacial score (nSPS) is 15.8. The summed E-state index contributed by atoms with van der Waals surface area (Å²) < 4.78 is 5.22. The van der Waals surface area contributed by atoms with Gasteiger partial charge in [0.05, 0.1) is 24.9 Å². The lowest BCUT2D eigenvalue weighted by Gasteiger charge is -2.26. The van der Waals surface area contributed by atoms with E-state index in [1.54, 1.807) is 36.3 Å². The molecular weight excluding hydrogens is 435 g/mol. The van der Waals surface area contributed by atoms with Gasteiger partial charge in [-0.1, -0.05) is 53.5 Å². The van der Waals surface area contributed by atoms with Crippen molar-refractivity contribution >= 4 is 40.7 Å². The number of carbonyl (C=O) groups excluding carboxylic acids is 2. The largest absolute Gasteiger partial charge is 0.497 e. The standard InChI is InChI=1S/C24H20Cl2N2O3/c1-31-18-9-6-15(7-10-18)14-28-22-11-8-17(25)13-19(22)23(29)27-21(24(28)30)12-16-4-2-3-5-20(16)26/h2-11,13,21H,12,14H2,1H3,(H,27,29)/t21-/m1/s1. The maximum absolute atomic E-state index is 13.6. The maximum Gasteiger partial charge on any atom is 0.254 e. The highest BCUT2D eigenvalue weighted by molar-refractivity contribution is 6.31. The third kappa shape index (κ3) is 4.53. The quantitative estimate of drug-likeness (QED) is 0.596. The van der Waals surface area contributed by atoms with Gasteiger partial charge in [0.25, 0.3) is 5.91 Å². The van der Waals surface area contributed by atoms with Crippen LogP contribution in [0.2, 0.25) is 10.0 Å². The molecule has 0 aromatic heterocycles. The monoisotopic (exact) mass is 454 g/mol. The van der Waals surface area contributed by atoms with Gasteiger partial charge in [0, 0.05) is 16.5 Å². The zero-order valence-electron chi connectivity index (χ0n) is 16.8. The molecule has 1 atom stereocenters. The van der Waals surface area contributed by atoms with Crippen LogP contribution in [-0.2, 0) is 17.8 Å². The molecular formula is C24H20Cl2N2O3. The van der Waals surface area contributed by atoms with Crippen LogP contribution in [0.5, 0.6) is 5.75 Å². The average molecular weight is 455 g/mol. The topological polar surface area (TPSA) is 58.6 Å². The van der Waals surface area contributed by atoms with E-state index in [1.807, 2.05) is 42.5 Å². The van der Waals surface area contributed by atoms with Crippen molar-refractivity contribution in [2.75, 3.05) is 12.0 Å². The van der Waals surface area contributed by atoms with Crippen molar-refractivity contribution in [1.82, 2.24) is 5.32 Å². The Kier molecular flexibility index (Phi) is 6.16. The van der Waals surface area contributed by atoms with Gasteiger partial charge in [-0.3, -0.25) is 9.59 Å². The molecule has 0 saturated heterocycles. The van der Waals surface area contributed by atoms with Crippen molar-refractivity contribution in [2.45, 2.75) is 19.0 Å². The van der Waals surface area contributed by atoms with Gasteiger partial charge in [-0.15, -0.1) is 0 Å². The van der Waals surface area contributed by atoms with Crippen LogP contribution in [0.25, 0.3) is 0 Å². The smallest absolute Gasteiger partial charge is 0.254 e. The summed E-state index contributed by atoms with van der Waals surface area (Å²) in [7, 11) is 1.60. The summed E-state index contributed by atoms with van der Waals surface area (Å²) >= 11 is 12.5. The van der Waals surface area contributed by atoms with Crippen LogP contribution in [0.3, 0.4) is 0 Å². The zero-order valence-corrected chi connectivity index (χ0v) is 18.3. The molecule has 1 N–H and O–H groups in total. The van der Waals surface area contributed by atoms with Gasteiger partial charge in [-0.05, 0) is 47.5 Å². The van der Waals surface area contributed by atoms with Gasteiger partial charge in [0.2, 0.25) is 5.91 Å². The number of benzene rings is 3. The van der Waals surface area contributed by atoms with Crippen LogP contribution in [-0.4, -0.2) is 25.0 Å². The van der Waals surface area contributed by atoms with E-state index in [0.29, 0.717) is 27.8 Å². The van der Waals surface area contributed by atoms with Gasteiger partial charge in [-0.2, -0.15) is 0 Å². The molecule has 0 spiro atoms. The fourth-order valence-electron chi connectivity index (χ4n) is 3.63. The summed E-state index contributed by atoms with van der Waals surface area (Å²) in [5.74, 6) is 0.164. The first-order valence-electron chi connectivity index (χ1n) is 9.74. The molecule has 0 radical (unpaired) electrons. The van der Waals surface area contributed by atoms with Crippen molar-refractivity contribution in [1.29, 1.82) is 0 Å². The molecule has 3 aromatic rings. The molecule has 0 bridgehead atoms. The van der Waals surface area contributed by atoms with Crippen LogP contribution in [0.4, 0.5) is 5.69 Å². The Balaban J connectivity index is 1.72. The first kappa shape index (κ1) is 21.2. The number of nitrogens with one attached hydrogen (secondary N) is 1. The predicted molar refractivity (Wildman–Crippen MR) is 122 cm³/mol. The van der Waals surface area contributed by atoms with E-state index in [4.69, 9.17) is 27.9 Å². The fraction of sp³-hybridized carbons (Fsp3) is 0.167. The summed E-state index contributed by atoms with van der Waals surface area (Å²) in [6.07, 6.45) is 0.283. The van der Waals surface area contributed by atoms with Crippen molar-refractivity contribution < 1.29 is 14.3 Å². The molecule has 31 heavy (non-hydrogen) atoms. The van der Waals surface area contributed by atoms with Crippen LogP contribution in [0.1, 0.15) is 21.5 Å². The summed E-state index contributed by atoms with van der Waals surface area (Å²) in [5, 5.41) is 3.83. The number of hydrogen-bond donors (Lipinski definition) is 1. The molecule has 4 rings (SSSR count). The van der Waals surface area contributed by atoms with Gasteiger partial charge < -0.3 is 15.0 Å². The molecule has 0 aliphatic carbocycles. The molecule has 1 aliphatic rings. The average Bonchev–Trinajstić information content (AvgIpc) is 2.86. The van der Waals surface area contributed by atoms with Crippen LogP contribution < -0.4 is 15.0 Å². The third-order valence-corrected chi connectivity index (χ3v) is 5.85. The molecule has 7 heteroatoms. The minimum atomic E-state index is -0.767. The number of rotatable bonds is 5. The first-order chi connectivity index (χ1) is 15.0. The van der Waals surface area contributed by atoms with E-state index >= 15 is 0 Å². The van der Waals surface area contributed by atoms with E-state index < -0.39 is 6.04 Å². The third-order valence-electron chi connectivity index (χ3n) is 5.25. The van der Waals surface area contributed by atoms with E-state index in [-0.39, 0.29) is 18.2 Å². The summed E-state index contributed by atoms with van der Waals surface area (Å²) in [4.78, 5) is 28.2. The van der Waals surface area contributed by atoms with Crippen molar-refractivity contribution in [2.24, 2.45) is 0 Å². The number of fused-ring (bicyclic) bond motifs is 1. The molecule has 0 unspecified atom stereocenters. The Hall–Kier alpha value is -3.02. The second kappa shape index (κ2) is 9.00.